The van der Waals surface area contributed by atoms with Crippen molar-refractivity contribution in [2.24, 2.45) is 5.73 Å². The van der Waals surface area contributed by atoms with Crippen LogP contribution in [0.2, 0.25) is 0 Å². The standard InChI is InChI=1S/C8H12N4O2/c1-5(7(9)13)11-8-10-4-3-6(12-8)14-2/h3-5H,1-2H3,(H2,9,13)(H,10,11,12). The lowest BCUT2D eigenvalue weighted by molar-refractivity contribution is -0.118. The minimum atomic E-state index is -0.512. The molecule has 6 nitrogen and oxygen atoms in total. The molecule has 0 saturated heterocycles. The third-order valence-electron chi connectivity index (χ3n) is 1.61. The van der Waals surface area contributed by atoms with E-state index in [9.17, 15) is 4.79 Å². The summed E-state index contributed by atoms with van der Waals surface area (Å²) in [5, 5.41) is 2.74. The molecule has 6 heteroatoms. The largest absolute Gasteiger partial charge is 0.481 e. The highest BCUT2D eigenvalue weighted by Crippen LogP contribution is 2.07. The van der Waals surface area contributed by atoms with E-state index in [4.69, 9.17) is 10.5 Å². The van der Waals surface area contributed by atoms with Crippen LogP contribution in [0.1, 0.15) is 6.92 Å². The summed E-state index contributed by atoms with van der Waals surface area (Å²) in [7, 11) is 1.50. The second-order valence-corrected chi connectivity index (χ2v) is 2.69. The molecule has 1 rings (SSSR count). The Balaban J connectivity index is 2.71. The average Bonchev–Trinajstić information content (AvgIpc) is 2.18. The van der Waals surface area contributed by atoms with Crippen LogP contribution in [-0.2, 0) is 4.79 Å². The number of nitrogens with two attached hydrogens (primary N) is 1. The van der Waals surface area contributed by atoms with E-state index in [1.54, 1.807) is 13.0 Å². The number of hydrogen-bond donors (Lipinski definition) is 2. The summed E-state index contributed by atoms with van der Waals surface area (Å²) in [6.07, 6.45) is 1.53. The minimum absolute atomic E-state index is 0.315. The average molecular weight is 196 g/mol. The topological polar surface area (TPSA) is 90.1 Å². The molecular weight excluding hydrogens is 184 g/mol. The van der Waals surface area contributed by atoms with Gasteiger partial charge in [0, 0.05) is 12.3 Å². The molecule has 1 atom stereocenters. The molecule has 14 heavy (non-hydrogen) atoms. The van der Waals surface area contributed by atoms with Crippen molar-refractivity contribution in [2.75, 3.05) is 12.4 Å². The van der Waals surface area contributed by atoms with Crippen molar-refractivity contribution in [1.82, 2.24) is 9.97 Å². The Hall–Kier alpha value is -1.85. The lowest BCUT2D eigenvalue weighted by atomic mass is 10.3. The van der Waals surface area contributed by atoms with E-state index in [1.165, 1.54) is 13.3 Å². The Bertz CT molecular complexity index is 329. The van der Waals surface area contributed by atoms with Crippen LogP contribution in [0.4, 0.5) is 5.95 Å². The van der Waals surface area contributed by atoms with Gasteiger partial charge >= 0.3 is 0 Å². The van der Waals surface area contributed by atoms with Crippen LogP contribution in [0.15, 0.2) is 12.3 Å². The summed E-state index contributed by atoms with van der Waals surface area (Å²) in [4.78, 5) is 18.6. The number of aromatic nitrogens is 2. The highest BCUT2D eigenvalue weighted by Gasteiger charge is 2.09. The predicted molar refractivity (Wildman–Crippen MR) is 50.9 cm³/mol. The smallest absolute Gasteiger partial charge is 0.239 e. The van der Waals surface area contributed by atoms with Crippen LogP contribution in [0.3, 0.4) is 0 Å². The molecule has 0 spiro atoms. The number of primary amides is 1. The molecule has 0 aliphatic rings. The summed E-state index contributed by atoms with van der Waals surface area (Å²) >= 11 is 0. The summed E-state index contributed by atoms with van der Waals surface area (Å²) in [5.41, 5.74) is 5.07. The van der Waals surface area contributed by atoms with Crippen molar-refractivity contribution in [1.29, 1.82) is 0 Å². The van der Waals surface area contributed by atoms with Crippen molar-refractivity contribution in [3.8, 4) is 5.88 Å². The molecule has 1 aromatic rings. The molecule has 0 aromatic carbocycles. The predicted octanol–water partition coefficient (Wildman–Crippen LogP) is -0.229. The zero-order valence-electron chi connectivity index (χ0n) is 8.02. The Labute approximate surface area is 81.5 Å². The van der Waals surface area contributed by atoms with Gasteiger partial charge in [-0.15, -0.1) is 0 Å². The van der Waals surface area contributed by atoms with Gasteiger partial charge in [0.1, 0.15) is 6.04 Å². The minimum Gasteiger partial charge on any atom is -0.481 e. The fourth-order valence-electron chi connectivity index (χ4n) is 0.790. The van der Waals surface area contributed by atoms with Crippen LogP contribution < -0.4 is 15.8 Å². The van der Waals surface area contributed by atoms with E-state index in [1.807, 2.05) is 0 Å². The third-order valence-corrected chi connectivity index (χ3v) is 1.61. The number of methoxy groups -OCH3 is 1. The summed E-state index contributed by atoms with van der Waals surface area (Å²) in [6.45, 7) is 1.63. The van der Waals surface area contributed by atoms with Gasteiger partial charge in [0.15, 0.2) is 0 Å². The lowest BCUT2D eigenvalue weighted by Crippen LogP contribution is -2.33. The van der Waals surface area contributed by atoms with Crippen LogP contribution in [0.25, 0.3) is 0 Å². The van der Waals surface area contributed by atoms with Crippen molar-refractivity contribution in [3.05, 3.63) is 12.3 Å². The molecule has 3 N–H and O–H groups in total. The van der Waals surface area contributed by atoms with E-state index < -0.39 is 11.9 Å². The monoisotopic (exact) mass is 196 g/mol. The molecule has 0 aliphatic heterocycles. The molecule has 0 fully saturated rings. The molecule has 1 aromatic heterocycles. The first-order valence-corrected chi connectivity index (χ1v) is 4.06. The first-order valence-electron chi connectivity index (χ1n) is 4.06. The Morgan fingerprint density at radius 3 is 3.00 bits per heavy atom. The van der Waals surface area contributed by atoms with Gasteiger partial charge in [-0.25, -0.2) is 4.98 Å². The quantitative estimate of drug-likeness (QED) is 0.694. The van der Waals surface area contributed by atoms with E-state index >= 15 is 0 Å². The second-order valence-electron chi connectivity index (χ2n) is 2.69. The number of hydrogen-bond acceptors (Lipinski definition) is 5. The van der Waals surface area contributed by atoms with E-state index in [0.717, 1.165) is 0 Å². The van der Waals surface area contributed by atoms with Crippen LogP contribution >= 0.6 is 0 Å². The highest BCUT2D eigenvalue weighted by atomic mass is 16.5. The summed E-state index contributed by atoms with van der Waals surface area (Å²) in [5.74, 6) is 0.284. The van der Waals surface area contributed by atoms with Crippen molar-refractivity contribution in [2.45, 2.75) is 13.0 Å². The molecule has 76 valence electrons. The zero-order valence-corrected chi connectivity index (χ0v) is 8.02. The fraction of sp³-hybridized carbons (Fsp3) is 0.375. The number of nitrogens with zero attached hydrogens (tertiary/aromatic N) is 2. The number of carbonyl (C=O) groups is 1. The fourth-order valence-corrected chi connectivity index (χ4v) is 0.790. The van der Waals surface area contributed by atoms with Gasteiger partial charge < -0.3 is 15.8 Å². The Morgan fingerprint density at radius 1 is 1.71 bits per heavy atom. The molecule has 0 radical (unpaired) electrons. The summed E-state index contributed by atoms with van der Waals surface area (Å²) < 4.78 is 4.89. The van der Waals surface area contributed by atoms with Gasteiger partial charge in [-0.1, -0.05) is 0 Å². The molecule has 0 saturated carbocycles. The number of amides is 1. The number of carbonyl (C=O) groups excluding carboxylic acids is 1. The SMILES string of the molecule is COc1ccnc(NC(C)C(N)=O)n1. The van der Waals surface area contributed by atoms with Crippen molar-refractivity contribution in [3.63, 3.8) is 0 Å². The van der Waals surface area contributed by atoms with Gasteiger partial charge in [-0.05, 0) is 6.92 Å². The van der Waals surface area contributed by atoms with Gasteiger partial charge in [0.2, 0.25) is 17.7 Å². The van der Waals surface area contributed by atoms with E-state index in [0.29, 0.717) is 11.8 Å². The Kier molecular flexibility index (Phi) is 3.22. The highest BCUT2D eigenvalue weighted by molar-refractivity contribution is 5.81. The first kappa shape index (κ1) is 10.2. The van der Waals surface area contributed by atoms with E-state index in [2.05, 4.69) is 15.3 Å². The normalized spacial score (nSPS) is 11.9. The van der Waals surface area contributed by atoms with Crippen LogP contribution in [0.5, 0.6) is 5.88 Å². The molecular formula is C8H12N4O2. The third kappa shape index (κ3) is 2.58. The first-order chi connectivity index (χ1) is 6.63. The van der Waals surface area contributed by atoms with Crippen LogP contribution in [0, 0.1) is 0 Å². The number of rotatable bonds is 4. The number of ether oxygens (including phenoxy) is 1. The van der Waals surface area contributed by atoms with Crippen molar-refractivity contribution >= 4 is 11.9 Å². The van der Waals surface area contributed by atoms with Crippen molar-refractivity contribution < 1.29 is 9.53 Å². The van der Waals surface area contributed by atoms with E-state index in [-0.39, 0.29) is 0 Å². The molecule has 1 unspecified atom stereocenters. The van der Waals surface area contributed by atoms with Gasteiger partial charge in [0.25, 0.3) is 0 Å². The Morgan fingerprint density at radius 2 is 2.43 bits per heavy atom. The van der Waals surface area contributed by atoms with Gasteiger partial charge in [-0.2, -0.15) is 4.98 Å². The summed E-state index contributed by atoms with van der Waals surface area (Å²) in [6, 6.07) is 1.10. The second kappa shape index (κ2) is 4.40. The molecule has 1 heterocycles. The number of nitrogens with one attached hydrogen (secondary N) is 1. The van der Waals surface area contributed by atoms with Crippen LogP contribution in [-0.4, -0.2) is 29.0 Å². The molecule has 1 amide bonds. The lowest BCUT2D eigenvalue weighted by Gasteiger charge is -2.09. The maximum atomic E-state index is 10.7. The zero-order chi connectivity index (χ0) is 10.6. The van der Waals surface area contributed by atoms with Gasteiger partial charge in [0.05, 0.1) is 7.11 Å². The molecule has 0 aliphatic carbocycles. The van der Waals surface area contributed by atoms with Gasteiger partial charge in [-0.3, -0.25) is 4.79 Å². The maximum Gasteiger partial charge on any atom is 0.239 e. The maximum absolute atomic E-state index is 10.7. The molecule has 0 bridgehead atoms. The number of anilines is 1.